The molecular weight excluding hydrogens is 212 g/mol. The number of ketones is 2. The highest BCUT2D eigenvalue weighted by atomic mass is 16.1. The summed E-state index contributed by atoms with van der Waals surface area (Å²) in [6.07, 6.45) is 2.69. The fourth-order valence-electron chi connectivity index (χ4n) is 0.640. The standard InChI is InChI=1S/C6H12O.C5H10O.4CH4/c1-4-5(2)6(3)7;1-3-4-5(2)6;;;;/h5H,4H2,1-3H3;3-4H2,1-2H3;4*1H4. The maximum Gasteiger partial charge on any atom is 0.132 e. The second-order valence-corrected chi connectivity index (χ2v) is 3.37. The Morgan fingerprint density at radius 2 is 1.29 bits per heavy atom. The second kappa shape index (κ2) is 24.5. The van der Waals surface area contributed by atoms with Crippen LogP contribution in [0.4, 0.5) is 0 Å². The summed E-state index contributed by atoms with van der Waals surface area (Å²) in [5, 5.41) is 0. The molecule has 0 N–H and O–H groups in total. The van der Waals surface area contributed by atoms with Crippen molar-refractivity contribution in [2.75, 3.05) is 0 Å². The topological polar surface area (TPSA) is 34.1 Å². The van der Waals surface area contributed by atoms with Crippen LogP contribution in [0.25, 0.3) is 0 Å². The minimum Gasteiger partial charge on any atom is -0.300 e. The number of hydrogen-bond acceptors (Lipinski definition) is 2. The Morgan fingerprint density at radius 1 is 0.941 bits per heavy atom. The fourth-order valence-corrected chi connectivity index (χ4v) is 0.640. The average molecular weight is 250 g/mol. The number of Topliss-reactive ketones (excluding diaryl/α,β-unsaturated/α-hetero) is 2. The lowest BCUT2D eigenvalue weighted by molar-refractivity contribution is -0.120. The minimum absolute atomic E-state index is 0. The molecule has 110 valence electrons. The maximum absolute atomic E-state index is 10.4. The van der Waals surface area contributed by atoms with Gasteiger partial charge in [-0.15, -0.1) is 0 Å². The van der Waals surface area contributed by atoms with Crippen molar-refractivity contribution in [3.8, 4) is 0 Å². The normalized spacial score (nSPS) is 8.53. The first kappa shape index (κ1) is 36.0. The van der Waals surface area contributed by atoms with Gasteiger partial charge >= 0.3 is 0 Å². The van der Waals surface area contributed by atoms with Gasteiger partial charge in [0.25, 0.3) is 0 Å². The summed E-state index contributed by atoms with van der Waals surface area (Å²) in [5.74, 6) is 0.847. The monoisotopic (exact) mass is 250 g/mol. The van der Waals surface area contributed by atoms with E-state index in [2.05, 4.69) is 0 Å². The van der Waals surface area contributed by atoms with Crippen LogP contribution in [0.3, 0.4) is 0 Å². The number of hydrogen-bond donors (Lipinski definition) is 0. The van der Waals surface area contributed by atoms with E-state index in [9.17, 15) is 9.59 Å². The van der Waals surface area contributed by atoms with Gasteiger partial charge in [-0.1, -0.05) is 50.5 Å². The van der Waals surface area contributed by atoms with E-state index in [0.717, 1.165) is 19.3 Å². The van der Waals surface area contributed by atoms with E-state index in [1.54, 1.807) is 13.8 Å². The Bertz CT molecular complexity index is 151. The lowest BCUT2D eigenvalue weighted by Crippen LogP contribution is -2.03. The maximum atomic E-state index is 10.4. The van der Waals surface area contributed by atoms with Gasteiger partial charge in [-0.2, -0.15) is 0 Å². The van der Waals surface area contributed by atoms with Crippen molar-refractivity contribution >= 4 is 11.6 Å². The second-order valence-electron chi connectivity index (χ2n) is 3.37. The van der Waals surface area contributed by atoms with Crippen molar-refractivity contribution in [3.63, 3.8) is 0 Å². The molecule has 0 heterocycles. The van der Waals surface area contributed by atoms with Gasteiger partial charge in [-0.05, 0) is 26.7 Å². The van der Waals surface area contributed by atoms with Gasteiger partial charge in [0.05, 0.1) is 0 Å². The molecule has 2 nitrogen and oxygen atoms in total. The van der Waals surface area contributed by atoms with Crippen LogP contribution in [0, 0.1) is 5.92 Å². The van der Waals surface area contributed by atoms with Crippen LogP contribution in [0.1, 0.15) is 83.6 Å². The minimum atomic E-state index is 0. The third kappa shape index (κ3) is 39.2. The van der Waals surface area contributed by atoms with Crippen molar-refractivity contribution in [1.29, 1.82) is 0 Å². The van der Waals surface area contributed by atoms with Gasteiger partial charge in [0, 0.05) is 12.3 Å². The zero-order valence-corrected chi connectivity index (χ0v) is 9.52. The molecule has 0 aliphatic heterocycles. The van der Waals surface area contributed by atoms with Gasteiger partial charge in [0.2, 0.25) is 0 Å². The average Bonchev–Trinajstić information content (AvgIpc) is 2.03. The molecule has 0 aromatic carbocycles. The molecule has 0 fully saturated rings. The number of carbonyl (C=O) groups is 2. The summed E-state index contributed by atoms with van der Waals surface area (Å²) >= 11 is 0. The quantitative estimate of drug-likeness (QED) is 0.656. The summed E-state index contributed by atoms with van der Waals surface area (Å²) < 4.78 is 0. The summed E-state index contributed by atoms with van der Waals surface area (Å²) in [5.41, 5.74) is 0. The SMILES string of the molecule is C.C.C.C.CCC(C)C(C)=O.CCCC(C)=O. The number of carbonyl (C=O) groups excluding carboxylic acids is 2. The summed E-state index contributed by atoms with van der Waals surface area (Å²) in [6, 6.07) is 0. The van der Waals surface area contributed by atoms with E-state index in [1.807, 2.05) is 20.8 Å². The highest BCUT2D eigenvalue weighted by Crippen LogP contribution is 1.99. The molecule has 0 spiro atoms. The lowest BCUT2D eigenvalue weighted by atomic mass is 10.1. The van der Waals surface area contributed by atoms with Gasteiger partial charge in [0.1, 0.15) is 11.6 Å². The Balaban J connectivity index is -0.0000000290. The highest BCUT2D eigenvalue weighted by molar-refractivity contribution is 5.77. The van der Waals surface area contributed by atoms with Crippen LogP contribution in [0.2, 0.25) is 0 Å². The van der Waals surface area contributed by atoms with Crippen molar-refractivity contribution in [2.45, 2.75) is 83.6 Å². The van der Waals surface area contributed by atoms with Crippen molar-refractivity contribution < 1.29 is 9.59 Å². The van der Waals surface area contributed by atoms with Gasteiger partial charge in [0.15, 0.2) is 0 Å². The van der Waals surface area contributed by atoms with E-state index < -0.39 is 0 Å². The molecule has 0 aromatic heterocycles. The van der Waals surface area contributed by atoms with Crippen LogP contribution in [0.15, 0.2) is 0 Å². The molecule has 0 saturated heterocycles. The van der Waals surface area contributed by atoms with E-state index in [-0.39, 0.29) is 41.4 Å². The Hall–Kier alpha value is -0.660. The Kier molecular flexibility index (Phi) is 51.9. The van der Waals surface area contributed by atoms with Gasteiger partial charge in [-0.3, -0.25) is 4.79 Å². The third-order valence-corrected chi connectivity index (χ3v) is 1.91. The van der Waals surface area contributed by atoms with Crippen LogP contribution >= 0.6 is 0 Å². The molecule has 0 aliphatic rings. The highest BCUT2D eigenvalue weighted by Gasteiger charge is 2.01. The lowest BCUT2D eigenvalue weighted by Gasteiger charge is -1.98. The first-order chi connectivity index (χ1) is 5.95. The van der Waals surface area contributed by atoms with E-state index >= 15 is 0 Å². The van der Waals surface area contributed by atoms with Crippen molar-refractivity contribution in [3.05, 3.63) is 0 Å². The molecule has 2 heteroatoms. The van der Waals surface area contributed by atoms with Crippen LogP contribution in [0.5, 0.6) is 0 Å². The third-order valence-electron chi connectivity index (χ3n) is 1.91. The van der Waals surface area contributed by atoms with E-state index in [0.29, 0.717) is 5.78 Å². The predicted molar refractivity (Wildman–Crippen MR) is 82.6 cm³/mol. The van der Waals surface area contributed by atoms with Crippen LogP contribution in [-0.2, 0) is 9.59 Å². The molecule has 0 bridgehead atoms. The molecular formula is C15H38O2. The molecule has 17 heavy (non-hydrogen) atoms. The van der Waals surface area contributed by atoms with Crippen LogP contribution in [-0.4, -0.2) is 11.6 Å². The number of rotatable bonds is 4. The molecule has 0 amide bonds. The van der Waals surface area contributed by atoms with E-state index in [1.165, 1.54) is 0 Å². The zero-order valence-electron chi connectivity index (χ0n) is 9.52. The molecule has 0 saturated carbocycles. The van der Waals surface area contributed by atoms with E-state index in [4.69, 9.17) is 0 Å². The predicted octanol–water partition coefficient (Wildman–Crippen LogP) is 5.54. The zero-order chi connectivity index (χ0) is 10.9. The van der Waals surface area contributed by atoms with Crippen molar-refractivity contribution in [1.82, 2.24) is 0 Å². The van der Waals surface area contributed by atoms with Crippen molar-refractivity contribution in [2.24, 2.45) is 5.92 Å². The summed E-state index contributed by atoms with van der Waals surface area (Å²) in [4.78, 5) is 20.4. The molecule has 0 radical (unpaired) electrons. The summed E-state index contributed by atoms with van der Waals surface area (Å²) in [7, 11) is 0. The molecule has 0 aromatic rings. The largest absolute Gasteiger partial charge is 0.300 e. The fraction of sp³-hybridized carbons (Fsp3) is 0.867. The first-order valence-corrected chi connectivity index (χ1v) is 4.95. The smallest absolute Gasteiger partial charge is 0.132 e. The molecule has 1 atom stereocenters. The molecule has 0 rings (SSSR count). The van der Waals surface area contributed by atoms with Crippen LogP contribution < -0.4 is 0 Å². The molecule has 0 aliphatic carbocycles. The Labute approximate surface area is 111 Å². The van der Waals surface area contributed by atoms with Gasteiger partial charge < -0.3 is 4.79 Å². The Morgan fingerprint density at radius 3 is 1.29 bits per heavy atom. The summed E-state index contributed by atoms with van der Waals surface area (Å²) in [6.45, 7) is 9.22. The molecule has 1 unspecified atom stereocenters. The first-order valence-electron chi connectivity index (χ1n) is 4.95. The van der Waals surface area contributed by atoms with Gasteiger partial charge in [-0.25, -0.2) is 0 Å².